The summed E-state index contributed by atoms with van der Waals surface area (Å²) >= 11 is 0. The van der Waals surface area contributed by atoms with Gasteiger partial charge in [0, 0.05) is 6.42 Å². The van der Waals surface area contributed by atoms with Crippen LogP contribution < -0.4 is 0 Å². The molecule has 0 aromatic carbocycles. The van der Waals surface area contributed by atoms with Crippen molar-refractivity contribution in [2.24, 2.45) is 0 Å². The normalized spacial score (nSPS) is 33.7. The molecule has 0 saturated carbocycles. The minimum absolute atomic E-state index is 0.494. The van der Waals surface area contributed by atoms with Gasteiger partial charge in [-0.1, -0.05) is 0 Å². The van der Waals surface area contributed by atoms with Crippen LogP contribution in [-0.2, 0) is 9.47 Å². The van der Waals surface area contributed by atoms with Crippen LogP contribution in [0, 0.1) is 0 Å². The highest BCUT2D eigenvalue weighted by atomic mass is 16.6. The van der Waals surface area contributed by atoms with E-state index in [9.17, 15) is 0 Å². The van der Waals surface area contributed by atoms with E-state index in [1.54, 1.807) is 6.26 Å². The van der Waals surface area contributed by atoms with E-state index in [4.69, 9.17) is 9.47 Å². The molecule has 0 N–H and O–H groups in total. The SMILES string of the molecule is C1=C(CC2CO2)O1. The third-order valence-corrected chi connectivity index (χ3v) is 1.12. The monoisotopic (exact) mass is 98.0 g/mol. The molecule has 2 aliphatic rings. The molecule has 0 aromatic heterocycles. The van der Waals surface area contributed by atoms with Crippen LogP contribution in [0.3, 0.4) is 0 Å². The molecule has 2 heterocycles. The van der Waals surface area contributed by atoms with E-state index in [1.165, 1.54) is 0 Å². The summed E-state index contributed by atoms with van der Waals surface area (Å²) < 4.78 is 9.71. The molecule has 1 unspecified atom stereocenters. The number of epoxide rings is 1. The lowest BCUT2D eigenvalue weighted by molar-refractivity contribution is 0.387. The zero-order chi connectivity index (χ0) is 4.69. The van der Waals surface area contributed by atoms with E-state index in [-0.39, 0.29) is 0 Å². The molecule has 2 rings (SSSR count). The van der Waals surface area contributed by atoms with Crippen LogP contribution in [0.2, 0.25) is 0 Å². The molecule has 0 amide bonds. The second-order valence-corrected chi connectivity index (χ2v) is 1.86. The first-order valence-corrected chi connectivity index (χ1v) is 2.42. The van der Waals surface area contributed by atoms with Gasteiger partial charge in [0.05, 0.1) is 12.7 Å². The molecular formula is C5H6O2. The van der Waals surface area contributed by atoms with Gasteiger partial charge in [-0.25, -0.2) is 0 Å². The molecule has 7 heavy (non-hydrogen) atoms. The predicted octanol–water partition coefficient (Wildman–Crippen LogP) is 0.647. The topological polar surface area (TPSA) is 25.1 Å². The summed E-state index contributed by atoms with van der Waals surface area (Å²) in [5, 5.41) is 0. The average Bonchev–Trinajstić information content (AvgIpc) is 2.33. The van der Waals surface area contributed by atoms with Crippen LogP contribution in [0.4, 0.5) is 0 Å². The Kier molecular flexibility index (Phi) is 0.504. The smallest absolute Gasteiger partial charge is 0.141 e. The summed E-state index contributed by atoms with van der Waals surface area (Å²) in [4.78, 5) is 0. The van der Waals surface area contributed by atoms with Crippen LogP contribution in [0.15, 0.2) is 12.0 Å². The Hall–Kier alpha value is -0.500. The van der Waals surface area contributed by atoms with Gasteiger partial charge in [-0.15, -0.1) is 0 Å². The van der Waals surface area contributed by atoms with E-state index in [0.717, 1.165) is 18.8 Å². The van der Waals surface area contributed by atoms with Crippen LogP contribution in [0.25, 0.3) is 0 Å². The number of ether oxygens (including phenoxy) is 2. The van der Waals surface area contributed by atoms with Crippen molar-refractivity contribution >= 4 is 0 Å². The molecule has 0 aromatic rings. The Morgan fingerprint density at radius 3 is 3.00 bits per heavy atom. The van der Waals surface area contributed by atoms with Crippen molar-refractivity contribution in [3.05, 3.63) is 12.0 Å². The predicted molar refractivity (Wildman–Crippen MR) is 23.5 cm³/mol. The summed E-state index contributed by atoms with van der Waals surface area (Å²) in [5.74, 6) is 1.10. The zero-order valence-electron chi connectivity index (χ0n) is 3.89. The summed E-state index contributed by atoms with van der Waals surface area (Å²) in [6.07, 6.45) is 3.26. The minimum Gasteiger partial charge on any atom is -0.462 e. The maximum absolute atomic E-state index is 4.94. The first kappa shape index (κ1) is 3.50. The van der Waals surface area contributed by atoms with Crippen molar-refractivity contribution in [2.75, 3.05) is 6.61 Å². The first-order chi connectivity index (χ1) is 3.45. The molecule has 2 heteroatoms. The summed E-state index contributed by atoms with van der Waals surface area (Å²) in [5.41, 5.74) is 0. The zero-order valence-corrected chi connectivity index (χ0v) is 3.89. The quantitative estimate of drug-likeness (QED) is 0.473. The lowest BCUT2D eigenvalue weighted by atomic mass is 10.3. The summed E-state index contributed by atoms with van der Waals surface area (Å²) in [6, 6.07) is 0. The molecule has 0 aliphatic carbocycles. The lowest BCUT2D eigenvalue weighted by Crippen LogP contribution is -1.79. The van der Waals surface area contributed by atoms with Gasteiger partial charge in [0.25, 0.3) is 0 Å². The third kappa shape index (κ3) is 0.747. The van der Waals surface area contributed by atoms with Crippen molar-refractivity contribution in [1.82, 2.24) is 0 Å². The van der Waals surface area contributed by atoms with Crippen molar-refractivity contribution in [3.63, 3.8) is 0 Å². The highest BCUT2D eigenvalue weighted by molar-refractivity contribution is 5.05. The number of hydrogen-bond acceptors (Lipinski definition) is 2. The van der Waals surface area contributed by atoms with Gasteiger partial charge < -0.3 is 9.47 Å². The van der Waals surface area contributed by atoms with E-state index in [1.807, 2.05) is 0 Å². The van der Waals surface area contributed by atoms with Gasteiger partial charge in [0.2, 0.25) is 0 Å². The highest BCUT2D eigenvalue weighted by Crippen LogP contribution is 2.26. The standard InChI is InChI=1S/C5H6O2/c1(4-2-6-4)5-3-7-5/h2,5H,1,3H2. The second kappa shape index (κ2) is 1.01. The van der Waals surface area contributed by atoms with E-state index < -0.39 is 0 Å². The highest BCUT2D eigenvalue weighted by Gasteiger charge is 2.27. The molecule has 1 saturated heterocycles. The largest absolute Gasteiger partial charge is 0.462 e. The maximum atomic E-state index is 4.94. The molecule has 2 aliphatic heterocycles. The molecule has 0 bridgehead atoms. The summed E-state index contributed by atoms with van der Waals surface area (Å²) in [7, 11) is 0. The van der Waals surface area contributed by atoms with E-state index in [0.29, 0.717) is 6.10 Å². The minimum atomic E-state index is 0.494. The van der Waals surface area contributed by atoms with Crippen LogP contribution in [0.5, 0.6) is 0 Å². The molecule has 0 radical (unpaired) electrons. The van der Waals surface area contributed by atoms with Crippen LogP contribution in [0.1, 0.15) is 6.42 Å². The Morgan fingerprint density at radius 1 is 1.86 bits per heavy atom. The van der Waals surface area contributed by atoms with Gasteiger partial charge in [-0.05, 0) is 0 Å². The van der Waals surface area contributed by atoms with Gasteiger partial charge >= 0.3 is 0 Å². The molecule has 38 valence electrons. The Bertz CT molecular complexity index is 113. The first-order valence-electron chi connectivity index (χ1n) is 2.42. The Balaban J connectivity index is 1.79. The van der Waals surface area contributed by atoms with Gasteiger partial charge in [-0.2, -0.15) is 0 Å². The molecular weight excluding hydrogens is 92.1 g/mol. The van der Waals surface area contributed by atoms with Crippen molar-refractivity contribution in [1.29, 1.82) is 0 Å². The van der Waals surface area contributed by atoms with E-state index in [2.05, 4.69) is 0 Å². The fourth-order valence-electron chi connectivity index (χ4n) is 0.548. The van der Waals surface area contributed by atoms with Gasteiger partial charge in [0.15, 0.2) is 0 Å². The maximum Gasteiger partial charge on any atom is 0.141 e. The number of hydrogen-bond donors (Lipinski definition) is 0. The summed E-state index contributed by atoms with van der Waals surface area (Å²) in [6.45, 7) is 0.931. The van der Waals surface area contributed by atoms with Crippen LogP contribution in [-0.4, -0.2) is 12.7 Å². The fraction of sp³-hybridized carbons (Fsp3) is 0.600. The Morgan fingerprint density at radius 2 is 2.57 bits per heavy atom. The van der Waals surface area contributed by atoms with Crippen molar-refractivity contribution < 1.29 is 9.47 Å². The van der Waals surface area contributed by atoms with E-state index >= 15 is 0 Å². The van der Waals surface area contributed by atoms with Crippen molar-refractivity contribution in [2.45, 2.75) is 12.5 Å². The molecule has 1 fully saturated rings. The van der Waals surface area contributed by atoms with Gasteiger partial charge in [0.1, 0.15) is 12.0 Å². The third-order valence-electron chi connectivity index (χ3n) is 1.12. The lowest BCUT2D eigenvalue weighted by Gasteiger charge is -1.77. The average molecular weight is 98.1 g/mol. The molecule has 1 atom stereocenters. The molecule has 0 spiro atoms. The van der Waals surface area contributed by atoms with Crippen molar-refractivity contribution in [3.8, 4) is 0 Å². The fourth-order valence-corrected chi connectivity index (χ4v) is 0.548. The van der Waals surface area contributed by atoms with Crippen LogP contribution >= 0.6 is 0 Å². The molecule has 2 nitrogen and oxygen atoms in total. The van der Waals surface area contributed by atoms with Gasteiger partial charge in [-0.3, -0.25) is 0 Å². The second-order valence-electron chi connectivity index (χ2n) is 1.86. The number of rotatable bonds is 2. The Labute approximate surface area is 41.7 Å².